The summed E-state index contributed by atoms with van der Waals surface area (Å²) in [7, 11) is 0. The van der Waals surface area contributed by atoms with E-state index in [9.17, 15) is 4.79 Å². The van der Waals surface area contributed by atoms with Crippen LogP contribution >= 0.6 is 0 Å². The number of hydrogen-bond donors (Lipinski definition) is 0. The highest BCUT2D eigenvalue weighted by Gasteiger charge is 2.17. The van der Waals surface area contributed by atoms with Gasteiger partial charge in [0.25, 0.3) is 5.91 Å². The van der Waals surface area contributed by atoms with Crippen LogP contribution < -0.4 is 14.2 Å². The van der Waals surface area contributed by atoms with E-state index in [4.69, 9.17) is 18.6 Å². The fraction of sp³-hybridized carbons (Fsp3) is 0.208. The number of likely N-dealkylation sites (N-methyl/N-ethyl adjacent to an activating group) is 1. The molecule has 0 N–H and O–H groups in total. The van der Waals surface area contributed by atoms with Crippen LogP contribution in [0.5, 0.6) is 17.2 Å². The lowest BCUT2D eigenvalue weighted by molar-refractivity contribution is -0.133. The molecular formula is C24H21NO5. The first-order valence-electron chi connectivity index (χ1n) is 9.91. The Morgan fingerprint density at radius 1 is 0.967 bits per heavy atom. The van der Waals surface area contributed by atoms with E-state index in [1.54, 1.807) is 4.90 Å². The average molecular weight is 403 g/mol. The molecule has 0 radical (unpaired) electrons. The molecule has 0 saturated carbocycles. The molecule has 2 heterocycles. The van der Waals surface area contributed by atoms with Crippen molar-refractivity contribution >= 4 is 27.8 Å². The highest BCUT2D eigenvalue weighted by Crippen LogP contribution is 2.33. The molecule has 1 aliphatic rings. The second-order valence-electron chi connectivity index (χ2n) is 7.14. The average Bonchev–Trinajstić information content (AvgIpc) is 3.39. The minimum Gasteiger partial charge on any atom is -0.484 e. The molecule has 1 amide bonds. The Morgan fingerprint density at radius 3 is 2.70 bits per heavy atom. The molecule has 4 aromatic rings. The molecule has 3 aromatic carbocycles. The van der Waals surface area contributed by atoms with Gasteiger partial charge in [-0.15, -0.1) is 0 Å². The number of para-hydroxylation sites is 1. The van der Waals surface area contributed by atoms with Gasteiger partial charge < -0.3 is 23.5 Å². The second-order valence-corrected chi connectivity index (χ2v) is 7.14. The van der Waals surface area contributed by atoms with Crippen LogP contribution in [-0.4, -0.2) is 30.8 Å². The Balaban J connectivity index is 1.28. The lowest BCUT2D eigenvalue weighted by Gasteiger charge is -2.21. The Bertz CT molecular complexity index is 1230. The van der Waals surface area contributed by atoms with Crippen LogP contribution in [0.25, 0.3) is 21.9 Å². The minimum absolute atomic E-state index is 0.0281. The highest BCUT2D eigenvalue weighted by atomic mass is 16.7. The summed E-state index contributed by atoms with van der Waals surface area (Å²) in [6.07, 6.45) is 0. The standard InChI is InChI=1S/C24H21NO5/c1-2-25(13-16-7-9-22-23(11-16)29-15-28-22)24(26)14-27-17-8-10-21-19(12-17)18-5-3-4-6-20(18)30-21/h3-12H,2,13-15H2,1H3. The van der Waals surface area contributed by atoms with Crippen molar-refractivity contribution in [1.29, 1.82) is 0 Å². The van der Waals surface area contributed by atoms with Gasteiger partial charge in [0, 0.05) is 23.9 Å². The van der Waals surface area contributed by atoms with E-state index >= 15 is 0 Å². The van der Waals surface area contributed by atoms with Crippen LogP contribution in [0.15, 0.2) is 65.1 Å². The molecule has 1 aromatic heterocycles. The van der Waals surface area contributed by atoms with Crippen molar-refractivity contribution in [1.82, 2.24) is 4.90 Å². The van der Waals surface area contributed by atoms with Gasteiger partial charge in [0.1, 0.15) is 16.9 Å². The first kappa shape index (κ1) is 18.4. The smallest absolute Gasteiger partial charge is 0.260 e. The fourth-order valence-corrected chi connectivity index (χ4v) is 3.67. The maximum atomic E-state index is 12.7. The third kappa shape index (κ3) is 3.41. The molecule has 1 aliphatic heterocycles. The fourth-order valence-electron chi connectivity index (χ4n) is 3.67. The zero-order valence-electron chi connectivity index (χ0n) is 16.6. The SMILES string of the molecule is CCN(Cc1ccc2c(c1)OCO2)C(=O)COc1ccc2oc3ccccc3c2c1. The third-order valence-electron chi connectivity index (χ3n) is 5.26. The molecule has 0 unspecified atom stereocenters. The summed E-state index contributed by atoms with van der Waals surface area (Å²) in [5, 5.41) is 2.01. The van der Waals surface area contributed by atoms with Gasteiger partial charge in [-0.2, -0.15) is 0 Å². The predicted molar refractivity (Wildman–Crippen MR) is 113 cm³/mol. The number of fused-ring (bicyclic) bond motifs is 4. The number of nitrogens with zero attached hydrogens (tertiary/aromatic N) is 1. The molecule has 0 aliphatic carbocycles. The zero-order chi connectivity index (χ0) is 20.5. The molecule has 30 heavy (non-hydrogen) atoms. The van der Waals surface area contributed by atoms with E-state index in [-0.39, 0.29) is 19.3 Å². The van der Waals surface area contributed by atoms with E-state index < -0.39 is 0 Å². The van der Waals surface area contributed by atoms with Crippen LogP contribution in [0.1, 0.15) is 12.5 Å². The summed E-state index contributed by atoms with van der Waals surface area (Å²) in [4.78, 5) is 14.5. The number of carbonyl (C=O) groups is 1. The maximum absolute atomic E-state index is 12.7. The van der Waals surface area contributed by atoms with Crippen molar-refractivity contribution in [2.75, 3.05) is 19.9 Å². The predicted octanol–water partition coefficient (Wildman–Crippen LogP) is 4.74. The summed E-state index contributed by atoms with van der Waals surface area (Å²) >= 11 is 0. The van der Waals surface area contributed by atoms with E-state index in [1.165, 1.54) is 0 Å². The number of benzene rings is 3. The molecule has 0 fully saturated rings. The van der Waals surface area contributed by atoms with Crippen LogP contribution in [0.2, 0.25) is 0 Å². The molecule has 5 rings (SSSR count). The Kier molecular flexibility index (Phi) is 4.67. The molecule has 0 saturated heterocycles. The van der Waals surface area contributed by atoms with Crippen LogP contribution in [-0.2, 0) is 11.3 Å². The number of rotatable bonds is 6. The quantitative estimate of drug-likeness (QED) is 0.465. The Morgan fingerprint density at radius 2 is 1.80 bits per heavy atom. The number of furan rings is 1. The Hall–Kier alpha value is -3.67. The Labute approximate surface area is 173 Å². The van der Waals surface area contributed by atoms with Crippen molar-refractivity contribution in [3.63, 3.8) is 0 Å². The van der Waals surface area contributed by atoms with Crippen molar-refractivity contribution in [2.24, 2.45) is 0 Å². The van der Waals surface area contributed by atoms with Gasteiger partial charge in [-0.05, 0) is 48.9 Å². The molecule has 6 heteroatoms. The number of amides is 1. The number of hydrogen-bond acceptors (Lipinski definition) is 5. The summed E-state index contributed by atoms with van der Waals surface area (Å²) in [6.45, 7) is 3.23. The van der Waals surface area contributed by atoms with Crippen LogP contribution in [0.3, 0.4) is 0 Å². The summed E-state index contributed by atoms with van der Waals surface area (Å²) in [6, 6.07) is 19.2. The summed E-state index contributed by atoms with van der Waals surface area (Å²) in [5.41, 5.74) is 2.62. The van der Waals surface area contributed by atoms with Crippen molar-refractivity contribution in [2.45, 2.75) is 13.5 Å². The normalized spacial score (nSPS) is 12.4. The maximum Gasteiger partial charge on any atom is 0.260 e. The van der Waals surface area contributed by atoms with Crippen LogP contribution in [0.4, 0.5) is 0 Å². The van der Waals surface area contributed by atoms with Gasteiger partial charge in [0.15, 0.2) is 18.1 Å². The van der Waals surface area contributed by atoms with Crippen molar-refractivity contribution < 1.29 is 23.4 Å². The number of carbonyl (C=O) groups excluding carboxylic acids is 1. The lowest BCUT2D eigenvalue weighted by atomic mass is 10.1. The highest BCUT2D eigenvalue weighted by molar-refractivity contribution is 6.05. The van der Waals surface area contributed by atoms with E-state index in [0.29, 0.717) is 24.6 Å². The molecule has 0 atom stereocenters. The van der Waals surface area contributed by atoms with E-state index in [1.807, 2.05) is 67.6 Å². The molecule has 152 valence electrons. The van der Waals surface area contributed by atoms with E-state index in [2.05, 4.69) is 0 Å². The van der Waals surface area contributed by atoms with Gasteiger partial charge in [-0.3, -0.25) is 4.79 Å². The second kappa shape index (κ2) is 7.63. The van der Waals surface area contributed by atoms with Gasteiger partial charge >= 0.3 is 0 Å². The van der Waals surface area contributed by atoms with Gasteiger partial charge in [0.05, 0.1) is 0 Å². The lowest BCUT2D eigenvalue weighted by Crippen LogP contribution is -2.34. The first-order chi connectivity index (χ1) is 14.7. The largest absolute Gasteiger partial charge is 0.484 e. The molecule has 0 bridgehead atoms. The van der Waals surface area contributed by atoms with E-state index in [0.717, 1.165) is 33.3 Å². The zero-order valence-corrected chi connectivity index (χ0v) is 16.6. The van der Waals surface area contributed by atoms with Crippen molar-refractivity contribution in [3.8, 4) is 17.2 Å². The summed E-state index contributed by atoms with van der Waals surface area (Å²) in [5.74, 6) is 2.01. The summed E-state index contributed by atoms with van der Waals surface area (Å²) < 4.78 is 22.4. The van der Waals surface area contributed by atoms with Gasteiger partial charge in [0.2, 0.25) is 6.79 Å². The monoisotopic (exact) mass is 403 g/mol. The number of ether oxygens (including phenoxy) is 3. The molecule has 0 spiro atoms. The van der Waals surface area contributed by atoms with Crippen molar-refractivity contribution in [3.05, 3.63) is 66.2 Å². The molecular weight excluding hydrogens is 382 g/mol. The van der Waals surface area contributed by atoms with Crippen LogP contribution in [0, 0.1) is 0 Å². The third-order valence-corrected chi connectivity index (χ3v) is 5.26. The van der Waals surface area contributed by atoms with Gasteiger partial charge in [-0.25, -0.2) is 0 Å². The van der Waals surface area contributed by atoms with Gasteiger partial charge in [-0.1, -0.05) is 24.3 Å². The topological polar surface area (TPSA) is 61.1 Å². The minimum atomic E-state index is -0.0766. The first-order valence-corrected chi connectivity index (χ1v) is 9.91. The molecule has 6 nitrogen and oxygen atoms in total.